The summed E-state index contributed by atoms with van der Waals surface area (Å²) >= 11 is 0. The van der Waals surface area contributed by atoms with Crippen molar-refractivity contribution in [2.24, 2.45) is 4.99 Å². The zero-order valence-electron chi connectivity index (χ0n) is 9.70. The lowest BCUT2D eigenvalue weighted by Gasteiger charge is -2.19. The first kappa shape index (κ1) is 10.8. The number of fused-ring (bicyclic) bond motifs is 1. The highest BCUT2D eigenvalue weighted by Gasteiger charge is 2.22. The number of aliphatic imine (C=N–C) groups is 1. The van der Waals surface area contributed by atoms with Crippen LogP contribution in [-0.4, -0.2) is 31.6 Å². The van der Waals surface area contributed by atoms with Crippen molar-refractivity contribution in [3.63, 3.8) is 0 Å². The van der Waals surface area contributed by atoms with E-state index in [0.29, 0.717) is 11.5 Å². The second-order valence-electron chi connectivity index (χ2n) is 3.71. The molecular formula is C12H15NO3. The van der Waals surface area contributed by atoms with Crippen molar-refractivity contribution in [1.29, 1.82) is 0 Å². The second-order valence-corrected chi connectivity index (χ2v) is 3.71. The summed E-state index contributed by atoms with van der Waals surface area (Å²) in [6.45, 7) is 2.65. The van der Waals surface area contributed by atoms with Gasteiger partial charge in [-0.05, 0) is 25.0 Å². The maximum Gasteiger partial charge on any atom is 0.203 e. The van der Waals surface area contributed by atoms with Crippen LogP contribution in [0.5, 0.6) is 17.2 Å². The summed E-state index contributed by atoms with van der Waals surface area (Å²) in [5, 5.41) is 10.1. The number of methoxy groups -OCH3 is 2. The van der Waals surface area contributed by atoms with Crippen LogP contribution in [-0.2, 0) is 6.42 Å². The highest BCUT2D eigenvalue weighted by molar-refractivity contribution is 6.04. The van der Waals surface area contributed by atoms with Crippen LogP contribution in [0.4, 0.5) is 0 Å². The molecular weight excluding hydrogens is 206 g/mol. The maximum atomic E-state index is 10.1. The summed E-state index contributed by atoms with van der Waals surface area (Å²) in [4.78, 5) is 4.32. The zero-order chi connectivity index (χ0) is 11.7. The summed E-state index contributed by atoms with van der Waals surface area (Å²) in [7, 11) is 3.08. The third kappa shape index (κ3) is 1.50. The minimum absolute atomic E-state index is 0.123. The van der Waals surface area contributed by atoms with E-state index in [1.54, 1.807) is 7.11 Å². The summed E-state index contributed by atoms with van der Waals surface area (Å²) in [6.07, 6.45) is 0.820. The fourth-order valence-electron chi connectivity index (χ4n) is 2.05. The quantitative estimate of drug-likeness (QED) is 0.828. The summed E-state index contributed by atoms with van der Waals surface area (Å²) in [5.74, 6) is 1.06. The Morgan fingerprint density at radius 1 is 1.31 bits per heavy atom. The summed E-state index contributed by atoms with van der Waals surface area (Å²) < 4.78 is 10.3. The van der Waals surface area contributed by atoms with Gasteiger partial charge in [-0.15, -0.1) is 0 Å². The van der Waals surface area contributed by atoms with Crippen molar-refractivity contribution in [2.75, 3.05) is 20.8 Å². The molecule has 86 valence electrons. The van der Waals surface area contributed by atoms with E-state index >= 15 is 0 Å². The number of hydrogen-bond acceptors (Lipinski definition) is 4. The molecule has 1 aliphatic heterocycles. The van der Waals surface area contributed by atoms with Gasteiger partial charge in [0.05, 0.1) is 14.2 Å². The molecule has 0 saturated carbocycles. The Morgan fingerprint density at radius 3 is 2.69 bits per heavy atom. The predicted molar refractivity (Wildman–Crippen MR) is 62.0 cm³/mol. The molecule has 4 heteroatoms. The Balaban J connectivity index is 2.68. The lowest BCUT2D eigenvalue weighted by atomic mass is 9.96. The van der Waals surface area contributed by atoms with Crippen LogP contribution >= 0.6 is 0 Å². The van der Waals surface area contributed by atoms with Crippen molar-refractivity contribution in [1.82, 2.24) is 0 Å². The molecule has 0 unspecified atom stereocenters. The lowest BCUT2D eigenvalue weighted by Crippen LogP contribution is -2.11. The van der Waals surface area contributed by atoms with Gasteiger partial charge in [0, 0.05) is 17.8 Å². The molecule has 0 spiro atoms. The number of benzene rings is 1. The van der Waals surface area contributed by atoms with E-state index in [2.05, 4.69) is 4.99 Å². The molecule has 1 heterocycles. The normalized spacial score (nSPS) is 14.1. The Kier molecular flexibility index (Phi) is 2.73. The highest BCUT2D eigenvalue weighted by atomic mass is 16.5. The first-order valence-electron chi connectivity index (χ1n) is 5.17. The van der Waals surface area contributed by atoms with Gasteiger partial charge in [0.25, 0.3) is 0 Å². The fourth-order valence-corrected chi connectivity index (χ4v) is 2.05. The van der Waals surface area contributed by atoms with Gasteiger partial charge < -0.3 is 14.6 Å². The van der Waals surface area contributed by atoms with E-state index in [-0.39, 0.29) is 5.75 Å². The largest absolute Gasteiger partial charge is 0.504 e. The van der Waals surface area contributed by atoms with Crippen LogP contribution in [0.3, 0.4) is 0 Å². The molecule has 0 aromatic heterocycles. The van der Waals surface area contributed by atoms with E-state index in [1.807, 2.05) is 13.0 Å². The van der Waals surface area contributed by atoms with Gasteiger partial charge in [-0.3, -0.25) is 4.99 Å². The first-order valence-corrected chi connectivity index (χ1v) is 5.17. The van der Waals surface area contributed by atoms with Gasteiger partial charge in [0.15, 0.2) is 11.5 Å². The Morgan fingerprint density at radius 2 is 2.06 bits per heavy atom. The molecule has 16 heavy (non-hydrogen) atoms. The number of hydrogen-bond donors (Lipinski definition) is 1. The molecule has 0 aliphatic carbocycles. The Labute approximate surface area is 94.5 Å². The third-order valence-corrected chi connectivity index (χ3v) is 2.82. The van der Waals surface area contributed by atoms with Crippen LogP contribution in [0.1, 0.15) is 18.1 Å². The predicted octanol–water partition coefficient (Wildman–Crippen LogP) is 1.77. The molecule has 0 radical (unpaired) electrons. The van der Waals surface area contributed by atoms with Gasteiger partial charge in [0.2, 0.25) is 5.75 Å². The number of nitrogens with zero attached hydrogens (tertiary/aromatic N) is 1. The van der Waals surface area contributed by atoms with Gasteiger partial charge in [-0.2, -0.15) is 0 Å². The minimum atomic E-state index is 0.123. The minimum Gasteiger partial charge on any atom is -0.504 e. The molecule has 0 atom stereocenters. The van der Waals surface area contributed by atoms with Crippen molar-refractivity contribution in [2.45, 2.75) is 13.3 Å². The standard InChI is InChI=1S/C12H15NO3/c1-7-10-8(4-5-13-7)6-9(15-2)12(16-3)11(10)14/h6,14H,4-5H2,1-3H3. The van der Waals surface area contributed by atoms with Gasteiger partial charge in [-0.1, -0.05) is 0 Å². The lowest BCUT2D eigenvalue weighted by molar-refractivity contribution is 0.332. The number of phenols is 1. The second kappa shape index (κ2) is 4.04. The number of phenolic OH excluding ortho intramolecular Hbond substituents is 1. The fraction of sp³-hybridized carbons (Fsp3) is 0.417. The van der Waals surface area contributed by atoms with Crippen molar-refractivity contribution < 1.29 is 14.6 Å². The van der Waals surface area contributed by atoms with Crippen molar-refractivity contribution in [3.05, 3.63) is 17.2 Å². The van der Waals surface area contributed by atoms with Gasteiger partial charge in [0.1, 0.15) is 0 Å². The zero-order valence-corrected chi connectivity index (χ0v) is 9.70. The summed E-state index contributed by atoms with van der Waals surface area (Å²) in [6, 6.07) is 1.91. The van der Waals surface area contributed by atoms with Crippen LogP contribution in [0.2, 0.25) is 0 Å². The molecule has 0 saturated heterocycles. The van der Waals surface area contributed by atoms with Crippen LogP contribution < -0.4 is 9.47 Å². The Bertz CT molecular complexity index is 452. The third-order valence-electron chi connectivity index (χ3n) is 2.82. The molecule has 2 rings (SSSR count). The van der Waals surface area contributed by atoms with E-state index in [4.69, 9.17) is 9.47 Å². The average Bonchev–Trinajstić information content (AvgIpc) is 2.28. The SMILES string of the molecule is COc1cc2c(c(O)c1OC)C(C)=NCC2. The molecule has 1 aromatic carbocycles. The number of aromatic hydroxyl groups is 1. The average molecular weight is 221 g/mol. The maximum absolute atomic E-state index is 10.1. The van der Waals surface area contributed by atoms with E-state index in [0.717, 1.165) is 29.8 Å². The molecule has 1 N–H and O–H groups in total. The molecule has 4 nitrogen and oxygen atoms in total. The highest BCUT2D eigenvalue weighted by Crippen LogP contribution is 2.42. The molecule has 0 bridgehead atoms. The van der Waals surface area contributed by atoms with E-state index < -0.39 is 0 Å². The van der Waals surface area contributed by atoms with Crippen LogP contribution in [0.25, 0.3) is 0 Å². The van der Waals surface area contributed by atoms with E-state index in [1.165, 1.54) is 7.11 Å². The monoisotopic (exact) mass is 221 g/mol. The number of rotatable bonds is 2. The van der Waals surface area contributed by atoms with Crippen LogP contribution in [0.15, 0.2) is 11.1 Å². The smallest absolute Gasteiger partial charge is 0.203 e. The summed E-state index contributed by atoms with van der Waals surface area (Å²) in [5.41, 5.74) is 2.69. The Hall–Kier alpha value is -1.71. The van der Waals surface area contributed by atoms with Gasteiger partial charge >= 0.3 is 0 Å². The molecule has 0 fully saturated rings. The van der Waals surface area contributed by atoms with Gasteiger partial charge in [-0.25, -0.2) is 0 Å². The van der Waals surface area contributed by atoms with E-state index in [9.17, 15) is 5.11 Å². The van der Waals surface area contributed by atoms with Crippen LogP contribution in [0, 0.1) is 0 Å². The van der Waals surface area contributed by atoms with Crippen molar-refractivity contribution >= 4 is 5.71 Å². The molecule has 1 aliphatic rings. The topological polar surface area (TPSA) is 51.0 Å². The number of ether oxygens (including phenoxy) is 2. The molecule has 1 aromatic rings. The van der Waals surface area contributed by atoms with Crippen molar-refractivity contribution in [3.8, 4) is 17.2 Å². The molecule has 0 amide bonds. The first-order chi connectivity index (χ1) is 7.69.